The first-order chi connectivity index (χ1) is 10.6. The zero-order valence-electron chi connectivity index (χ0n) is 14.8. The van der Waals surface area contributed by atoms with Gasteiger partial charge in [0.15, 0.2) is 0 Å². The predicted octanol–water partition coefficient (Wildman–Crippen LogP) is 3.57. The molecule has 0 radical (unpaired) electrons. The van der Waals surface area contributed by atoms with Crippen molar-refractivity contribution in [2.24, 2.45) is 0 Å². The summed E-state index contributed by atoms with van der Waals surface area (Å²) < 4.78 is 0. The normalized spacial score (nSPS) is 11.0. The summed E-state index contributed by atoms with van der Waals surface area (Å²) in [5.74, 6) is 0.0577. The minimum Gasteiger partial charge on any atom is -0.352 e. The SMILES string of the molecule is C=C/C(CNC(=O)CC)=c1/cccc/c1=C/C.C=CC.CC. The van der Waals surface area contributed by atoms with Gasteiger partial charge in [-0.25, -0.2) is 0 Å². The molecule has 0 fully saturated rings. The minimum absolute atomic E-state index is 0.0577. The Morgan fingerprint density at radius 2 is 1.73 bits per heavy atom. The van der Waals surface area contributed by atoms with Crippen LogP contribution in [0, 0.1) is 0 Å². The van der Waals surface area contributed by atoms with Crippen molar-refractivity contribution in [3.05, 3.63) is 60.0 Å². The van der Waals surface area contributed by atoms with Crippen molar-refractivity contribution in [1.29, 1.82) is 0 Å². The number of hydrogen-bond acceptors (Lipinski definition) is 1. The van der Waals surface area contributed by atoms with Gasteiger partial charge in [0, 0.05) is 13.0 Å². The molecule has 0 aliphatic rings. The van der Waals surface area contributed by atoms with Crippen LogP contribution in [0.4, 0.5) is 0 Å². The van der Waals surface area contributed by atoms with Crippen LogP contribution in [0.2, 0.25) is 0 Å². The molecule has 22 heavy (non-hydrogen) atoms. The van der Waals surface area contributed by atoms with Crippen LogP contribution in [0.15, 0.2) is 49.6 Å². The van der Waals surface area contributed by atoms with E-state index in [0.717, 1.165) is 16.0 Å². The summed E-state index contributed by atoms with van der Waals surface area (Å²) in [5.41, 5.74) is 1.04. The van der Waals surface area contributed by atoms with Gasteiger partial charge in [0.05, 0.1) is 0 Å². The molecule has 2 nitrogen and oxygen atoms in total. The zero-order valence-corrected chi connectivity index (χ0v) is 14.8. The number of carbonyl (C=O) groups excluding carboxylic acids is 1. The maximum Gasteiger partial charge on any atom is 0.219 e. The molecular weight excluding hydrogens is 270 g/mol. The number of amides is 1. The molecule has 0 heterocycles. The third-order valence-electron chi connectivity index (χ3n) is 2.66. The maximum absolute atomic E-state index is 11.3. The number of allylic oxidation sites excluding steroid dienone is 1. The van der Waals surface area contributed by atoms with E-state index in [9.17, 15) is 4.79 Å². The first-order valence-corrected chi connectivity index (χ1v) is 7.85. The second-order valence-corrected chi connectivity index (χ2v) is 4.14. The summed E-state index contributed by atoms with van der Waals surface area (Å²) in [4.78, 5) is 11.3. The van der Waals surface area contributed by atoms with Gasteiger partial charge in [-0.15, -0.1) is 6.58 Å². The summed E-state index contributed by atoms with van der Waals surface area (Å²) >= 11 is 0. The van der Waals surface area contributed by atoms with E-state index in [2.05, 4.69) is 30.6 Å². The van der Waals surface area contributed by atoms with E-state index in [4.69, 9.17) is 0 Å². The Kier molecular flexibility index (Phi) is 15.4. The first kappa shape index (κ1) is 22.2. The summed E-state index contributed by atoms with van der Waals surface area (Å²) in [6.45, 7) is 17.4. The van der Waals surface area contributed by atoms with Gasteiger partial charge in [0.2, 0.25) is 5.91 Å². The van der Waals surface area contributed by atoms with Gasteiger partial charge in [0.25, 0.3) is 0 Å². The maximum atomic E-state index is 11.3. The van der Waals surface area contributed by atoms with Gasteiger partial charge in [0.1, 0.15) is 0 Å². The molecule has 0 atom stereocenters. The van der Waals surface area contributed by atoms with Crippen molar-refractivity contribution >= 4 is 17.6 Å². The van der Waals surface area contributed by atoms with Crippen LogP contribution in [0.3, 0.4) is 0 Å². The van der Waals surface area contributed by atoms with Crippen molar-refractivity contribution in [2.75, 3.05) is 6.54 Å². The summed E-state index contributed by atoms with van der Waals surface area (Å²) in [6.07, 6.45) is 6.12. The summed E-state index contributed by atoms with van der Waals surface area (Å²) in [7, 11) is 0. The Bertz CT molecular complexity index is 555. The lowest BCUT2D eigenvalue weighted by Gasteiger charge is -2.05. The lowest BCUT2D eigenvalue weighted by molar-refractivity contribution is -0.120. The Morgan fingerprint density at radius 3 is 2.18 bits per heavy atom. The van der Waals surface area contributed by atoms with Crippen LogP contribution in [-0.4, -0.2) is 12.5 Å². The van der Waals surface area contributed by atoms with Crippen LogP contribution < -0.4 is 15.8 Å². The number of benzene rings is 1. The molecule has 1 aromatic rings. The minimum atomic E-state index is 0.0577. The molecule has 0 saturated carbocycles. The highest BCUT2D eigenvalue weighted by Crippen LogP contribution is 1.91. The van der Waals surface area contributed by atoms with E-state index < -0.39 is 0 Å². The highest BCUT2D eigenvalue weighted by molar-refractivity contribution is 5.77. The third kappa shape index (κ3) is 8.96. The summed E-state index contributed by atoms with van der Waals surface area (Å²) in [6, 6.07) is 8.10. The van der Waals surface area contributed by atoms with Crippen molar-refractivity contribution in [3.63, 3.8) is 0 Å². The van der Waals surface area contributed by atoms with Crippen LogP contribution in [-0.2, 0) is 4.79 Å². The number of nitrogens with one attached hydrogen (secondary N) is 1. The molecule has 0 aromatic heterocycles. The standard InChI is InChI=1S/C15H19NO.C3H6.C2H6/c1-4-12-9-7-8-10-14(12)13(5-2)11-16-15(17)6-3;1-3-2;1-2/h4-5,7-10H,2,6,11H2,1,3H3,(H,16,17);3H,1H2,2H3;1-2H3/b12-4-,14-13+;;. The summed E-state index contributed by atoms with van der Waals surface area (Å²) in [5, 5.41) is 5.16. The average Bonchev–Trinajstić information content (AvgIpc) is 2.58. The van der Waals surface area contributed by atoms with E-state index >= 15 is 0 Å². The van der Waals surface area contributed by atoms with Crippen LogP contribution in [0.25, 0.3) is 11.6 Å². The highest BCUT2D eigenvalue weighted by atomic mass is 16.1. The van der Waals surface area contributed by atoms with Crippen molar-refractivity contribution in [2.45, 2.75) is 41.0 Å². The van der Waals surface area contributed by atoms with Gasteiger partial charge in [-0.3, -0.25) is 4.79 Å². The molecule has 0 aliphatic heterocycles. The molecule has 0 unspecified atom stereocenters. The molecule has 0 saturated heterocycles. The number of rotatable bonds is 4. The Hall–Kier alpha value is -2.09. The van der Waals surface area contributed by atoms with E-state index in [-0.39, 0.29) is 5.91 Å². The second kappa shape index (κ2) is 15.3. The highest BCUT2D eigenvalue weighted by Gasteiger charge is 1.98. The largest absolute Gasteiger partial charge is 0.352 e. The molecule has 0 spiro atoms. The Labute approximate surface area is 136 Å². The molecule has 1 aromatic carbocycles. The zero-order chi connectivity index (χ0) is 17.4. The average molecular weight is 301 g/mol. The molecule has 1 amide bonds. The Balaban J connectivity index is 0. The fourth-order valence-corrected chi connectivity index (χ4v) is 1.64. The lowest BCUT2D eigenvalue weighted by atomic mass is 10.1. The van der Waals surface area contributed by atoms with E-state index in [1.165, 1.54) is 0 Å². The Morgan fingerprint density at radius 1 is 1.18 bits per heavy atom. The molecule has 1 rings (SSSR count). The third-order valence-corrected chi connectivity index (χ3v) is 2.66. The molecule has 0 aliphatic carbocycles. The van der Waals surface area contributed by atoms with E-state index in [1.54, 1.807) is 12.2 Å². The quantitative estimate of drug-likeness (QED) is 0.846. The first-order valence-electron chi connectivity index (χ1n) is 7.85. The molecule has 1 N–H and O–H groups in total. The van der Waals surface area contributed by atoms with Crippen molar-refractivity contribution in [3.8, 4) is 0 Å². The van der Waals surface area contributed by atoms with Crippen LogP contribution >= 0.6 is 0 Å². The smallest absolute Gasteiger partial charge is 0.219 e. The number of hydrogen-bond donors (Lipinski definition) is 1. The fourth-order valence-electron chi connectivity index (χ4n) is 1.64. The van der Waals surface area contributed by atoms with Gasteiger partial charge < -0.3 is 5.32 Å². The van der Waals surface area contributed by atoms with Gasteiger partial charge >= 0.3 is 0 Å². The van der Waals surface area contributed by atoms with Crippen LogP contribution in [0.1, 0.15) is 41.0 Å². The lowest BCUT2D eigenvalue weighted by Crippen LogP contribution is -2.31. The van der Waals surface area contributed by atoms with Gasteiger partial charge in [-0.1, -0.05) is 69.8 Å². The van der Waals surface area contributed by atoms with Crippen molar-refractivity contribution < 1.29 is 4.79 Å². The van der Waals surface area contributed by atoms with E-state index in [1.807, 2.05) is 52.8 Å². The van der Waals surface area contributed by atoms with Crippen molar-refractivity contribution in [1.82, 2.24) is 5.32 Å². The monoisotopic (exact) mass is 301 g/mol. The second-order valence-electron chi connectivity index (χ2n) is 4.14. The molecular formula is C20H31NO. The number of carbonyl (C=O) groups is 1. The fraction of sp³-hybridized carbons (Fsp3) is 0.350. The van der Waals surface area contributed by atoms with Gasteiger partial charge in [-0.05, 0) is 29.9 Å². The molecule has 122 valence electrons. The molecule has 2 heteroatoms. The molecule has 0 bridgehead atoms. The van der Waals surface area contributed by atoms with Crippen LogP contribution in [0.5, 0.6) is 0 Å². The van der Waals surface area contributed by atoms with Gasteiger partial charge in [-0.2, -0.15) is 0 Å². The van der Waals surface area contributed by atoms with E-state index in [0.29, 0.717) is 13.0 Å². The predicted molar refractivity (Wildman–Crippen MR) is 100.0 cm³/mol. The topological polar surface area (TPSA) is 29.1 Å².